The van der Waals surface area contributed by atoms with Crippen molar-refractivity contribution in [1.29, 1.82) is 0 Å². The van der Waals surface area contributed by atoms with Crippen molar-refractivity contribution in [3.05, 3.63) is 24.3 Å². The smallest absolute Gasteiger partial charge is 0.119 e. The third kappa shape index (κ3) is 3.37. The maximum absolute atomic E-state index is 5.65. The largest absolute Gasteiger partial charge is 0.491 e. The second-order valence-corrected chi connectivity index (χ2v) is 4.96. The first-order valence-corrected chi connectivity index (χ1v) is 6.40. The van der Waals surface area contributed by atoms with Crippen LogP contribution in [0.3, 0.4) is 0 Å². The van der Waals surface area contributed by atoms with Crippen LogP contribution in [0.1, 0.15) is 20.8 Å². The summed E-state index contributed by atoms with van der Waals surface area (Å²) in [5, 5.41) is 3.45. The lowest BCUT2D eigenvalue weighted by Gasteiger charge is -2.33. The molecule has 2 rings (SSSR count). The zero-order valence-electron chi connectivity index (χ0n) is 10.9. The summed E-state index contributed by atoms with van der Waals surface area (Å²) in [6, 6.07) is 8.98. The maximum atomic E-state index is 5.65. The Balaban J connectivity index is 2.01. The van der Waals surface area contributed by atoms with Gasteiger partial charge in [0.1, 0.15) is 5.75 Å². The van der Waals surface area contributed by atoms with Crippen LogP contribution in [-0.4, -0.2) is 31.8 Å². The highest BCUT2D eigenvalue weighted by atomic mass is 16.5. The lowest BCUT2D eigenvalue weighted by Crippen LogP contribution is -2.49. The van der Waals surface area contributed by atoms with E-state index >= 15 is 0 Å². The number of nitrogens with zero attached hydrogens (tertiary/aromatic N) is 1. The minimum atomic E-state index is 0.236. The summed E-state index contributed by atoms with van der Waals surface area (Å²) >= 11 is 0. The van der Waals surface area contributed by atoms with Crippen molar-refractivity contribution in [3.8, 4) is 5.75 Å². The molecular formula is C14H22N2O. The second-order valence-electron chi connectivity index (χ2n) is 4.96. The van der Waals surface area contributed by atoms with Crippen molar-refractivity contribution in [2.24, 2.45) is 0 Å². The fourth-order valence-corrected chi connectivity index (χ4v) is 2.17. The molecule has 0 saturated carbocycles. The number of hydrogen-bond acceptors (Lipinski definition) is 3. The molecule has 1 aromatic carbocycles. The van der Waals surface area contributed by atoms with E-state index in [0.29, 0.717) is 6.04 Å². The number of anilines is 1. The van der Waals surface area contributed by atoms with Crippen LogP contribution in [0.2, 0.25) is 0 Å². The Kier molecular flexibility index (Phi) is 3.89. The van der Waals surface area contributed by atoms with Gasteiger partial charge < -0.3 is 15.0 Å². The van der Waals surface area contributed by atoms with Gasteiger partial charge in [-0.3, -0.25) is 0 Å². The summed E-state index contributed by atoms with van der Waals surface area (Å²) in [6.45, 7) is 9.53. The summed E-state index contributed by atoms with van der Waals surface area (Å²) in [4.78, 5) is 2.42. The zero-order chi connectivity index (χ0) is 12.3. The molecule has 3 heteroatoms. The minimum absolute atomic E-state index is 0.236. The Hall–Kier alpha value is -1.22. The van der Waals surface area contributed by atoms with Crippen LogP contribution >= 0.6 is 0 Å². The lowest BCUT2D eigenvalue weighted by molar-refractivity contribution is 0.242. The predicted molar refractivity (Wildman–Crippen MR) is 71.9 cm³/mol. The minimum Gasteiger partial charge on any atom is -0.491 e. The Labute approximate surface area is 104 Å². The second kappa shape index (κ2) is 5.41. The number of benzene rings is 1. The lowest BCUT2D eigenvalue weighted by atomic mass is 10.2. The average molecular weight is 234 g/mol. The molecule has 1 aromatic rings. The summed E-state index contributed by atoms with van der Waals surface area (Å²) in [6.07, 6.45) is 0.236. The molecule has 0 spiro atoms. The number of rotatable bonds is 3. The van der Waals surface area contributed by atoms with Crippen LogP contribution in [0.25, 0.3) is 0 Å². The molecule has 1 N–H and O–H groups in total. The molecule has 0 unspecified atom stereocenters. The van der Waals surface area contributed by atoms with Crippen LogP contribution in [-0.2, 0) is 0 Å². The Morgan fingerprint density at radius 3 is 2.59 bits per heavy atom. The quantitative estimate of drug-likeness (QED) is 0.868. The van der Waals surface area contributed by atoms with E-state index in [9.17, 15) is 0 Å². The van der Waals surface area contributed by atoms with Crippen molar-refractivity contribution >= 4 is 5.69 Å². The van der Waals surface area contributed by atoms with Crippen LogP contribution in [0.4, 0.5) is 5.69 Å². The van der Waals surface area contributed by atoms with E-state index in [2.05, 4.69) is 41.4 Å². The average Bonchev–Trinajstić information content (AvgIpc) is 2.29. The molecule has 1 fully saturated rings. The summed E-state index contributed by atoms with van der Waals surface area (Å²) in [5.41, 5.74) is 1.29. The van der Waals surface area contributed by atoms with Crippen LogP contribution in [0.15, 0.2) is 24.3 Å². The van der Waals surface area contributed by atoms with E-state index in [0.717, 1.165) is 25.4 Å². The highest BCUT2D eigenvalue weighted by Crippen LogP contribution is 2.21. The van der Waals surface area contributed by atoms with Gasteiger partial charge in [0.25, 0.3) is 0 Å². The highest BCUT2D eigenvalue weighted by molar-refractivity contribution is 5.49. The number of hydrogen-bond donors (Lipinski definition) is 1. The number of ether oxygens (including phenoxy) is 1. The fraction of sp³-hybridized carbons (Fsp3) is 0.571. The van der Waals surface area contributed by atoms with Crippen LogP contribution < -0.4 is 15.0 Å². The molecule has 0 aliphatic carbocycles. The van der Waals surface area contributed by atoms with Gasteiger partial charge in [0.15, 0.2) is 0 Å². The fourth-order valence-electron chi connectivity index (χ4n) is 2.17. The third-order valence-electron chi connectivity index (χ3n) is 2.94. The molecule has 1 aliphatic rings. The molecule has 0 aromatic heterocycles. The van der Waals surface area contributed by atoms with Gasteiger partial charge in [0.05, 0.1) is 6.10 Å². The normalized spacial score (nSPS) is 20.7. The third-order valence-corrected chi connectivity index (χ3v) is 2.94. The molecule has 0 radical (unpaired) electrons. The number of nitrogens with one attached hydrogen (secondary N) is 1. The topological polar surface area (TPSA) is 24.5 Å². The van der Waals surface area contributed by atoms with E-state index in [1.54, 1.807) is 0 Å². The van der Waals surface area contributed by atoms with Gasteiger partial charge in [-0.05, 0) is 45.0 Å². The molecule has 1 heterocycles. The van der Waals surface area contributed by atoms with E-state index < -0.39 is 0 Å². The van der Waals surface area contributed by atoms with Crippen molar-refractivity contribution in [3.63, 3.8) is 0 Å². The molecule has 0 amide bonds. The van der Waals surface area contributed by atoms with Crippen molar-refractivity contribution in [2.45, 2.75) is 32.9 Å². The van der Waals surface area contributed by atoms with E-state index in [1.807, 2.05) is 13.8 Å². The van der Waals surface area contributed by atoms with Crippen molar-refractivity contribution in [2.75, 3.05) is 24.5 Å². The van der Waals surface area contributed by atoms with Crippen molar-refractivity contribution in [1.82, 2.24) is 5.32 Å². The van der Waals surface area contributed by atoms with E-state index in [-0.39, 0.29) is 6.10 Å². The van der Waals surface area contributed by atoms with Gasteiger partial charge in [0, 0.05) is 31.4 Å². The molecule has 1 aliphatic heterocycles. The van der Waals surface area contributed by atoms with E-state index in [4.69, 9.17) is 4.74 Å². The van der Waals surface area contributed by atoms with Gasteiger partial charge in [-0.2, -0.15) is 0 Å². The summed E-state index contributed by atoms with van der Waals surface area (Å²) < 4.78 is 5.65. The zero-order valence-corrected chi connectivity index (χ0v) is 10.9. The van der Waals surface area contributed by atoms with Gasteiger partial charge in [0.2, 0.25) is 0 Å². The first-order chi connectivity index (χ1) is 8.15. The molecule has 1 atom stereocenters. The molecule has 17 heavy (non-hydrogen) atoms. The molecular weight excluding hydrogens is 212 g/mol. The standard InChI is InChI=1S/C14H22N2O/c1-11(2)17-14-6-4-13(5-7-14)16-9-8-15-12(3)10-16/h4-7,11-12,15H,8-10H2,1-3H3/t12-/m1/s1. The molecule has 94 valence electrons. The first-order valence-electron chi connectivity index (χ1n) is 6.40. The maximum Gasteiger partial charge on any atom is 0.119 e. The van der Waals surface area contributed by atoms with Gasteiger partial charge >= 0.3 is 0 Å². The Morgan fingerprint density at radius 2 is 2.00 bits per heavy atom. The SMILES string of the molecule is CC(C)Oc1ccc(N2CCN[C@H](C)C2)cc1. The monoisotopic (exact) mass is 234 g/mol. The van der Waals surface area contributed by atoms with Gasteiger partial charge in [-0.1, -0.05) is 0 Å². The summed E-state index contributed by atoms with van der Waals surface area (Å²) in [7, 11) is 0. The van der Waals surface area contributed by atoms with Gasteiger partial charge in [-0.15, -0.1) is 0 Å². The van der Waals surface area contributed by atoms with Crippen LogP contribution in [0.5, 0.6) is 5.75 Å². The van der Waals surface area contributed by atoms with Crippen molar-refractivity contribution < 1.29 is 4.74 Å². The predicted octanol–water partition coefficient (Wildman–Crippen LogP) is 2.27. The summed E-state index contributed by atoms with van der Waals surface area (Å²) in [5.74, 6) is 0.951. The van der Waals surface area contributed by atoms with Gasteiger partial charge in [-0.25, -0.2) is 0 Å². The molecule has 1 saturated heterocycles. The van der Waals surface area contributed by atoms with Crippen LogP contribution in [0, 0.1) is 0 Å². The Morgan fingerprint density at radius 1 is 1.29 bits per heavy atom. The highest BCUT2D eigenvalue weighted by Gasteiger charge is 2.15. The number of piperazine rings is 1. The molecule has 3 nitrogen and oxygen atoms in total. The van der Waals surface area contributed by atoms with E-state index in [1.165, 1.54) is 5.69 Å². The molecule has 0 bridgehead atoms. The Bertz CT molecular complexity index is 348. The first kappa shape index (κ1) is 12.2.